The Morgan fingerprint density at radius 1 is 1.00 bits per heavy atom. The van der Waals surface area contributed by atoms with Crippen molar-refractivity contribution in [1.82, 2.24) is 4.98 Å². The predicted molar refractivity (Wildman–Crippen MR) is 74.3 cm³/mol. The molecule has 0 atom stereocenters. The third-order valence-corrected chi connectivity index (χ3v) is 5.27. The number of pyridine rings is 1. The molecule has 1 spiro atoms. The molecule has 2 aliphatic rings. The van der Waals surface area contributed by atoms with Gasteiger partial charge >= 0.3 is 0 Å². The summed E-state index contributed by atoms with van der Waals surface area (Å²) < 4.78 is 0. The molecule has 1 aromatic rings. The number of aromatic nitrogens is 1. The minimum absolute atomic E-state index is 0.257. The van der Waals surface area contributed by atoms with Crippen molar-refractivity contribution in [3.63, 3.8) is 0 Å². The zero-order valence-corrected chi connectivity index (χ0v) is 11.2. The summed E-state index contributed by atoms with van der Waals surface area (Å²) in [5.74, 6) is 0. The molecule has 1 heterocycles. The smallest absolute Gasteiger partial charge is 0.0270 e. The van der Waals surface area contributed by atoms with E-state index in [1.54, 1.807) is 0 Å². The summed E-state index contributed by atoms with van der Waals surface area (Å²) in [5.41, 5.74) is 8.40. The first-order valence-corrected chi connectivity index (χ1v) is 7.39. The van der Waals surface area contributed by atoms with Gasteiger partial charge in [-0.25, -0.2) is 0 Å². The van der Waals surface area contributed by atoms with E-state index in [-0.39, 0.29) is 5.41 Å². The summed E-state index contributed by atoms with van der Waals surface area (Å²) in [5, 5.41) is 0. The summed E-state index contributed by atoms with van der Waals surface area (Å²) in [6.07, 6.45) is 15.0. The van der Waals surface area contributed by atoms with E-state index in [4.69, 9.17) is 5.73 Å². The van der Waals surface area contributed by atoms with Crippen molar-refractivity contribution < 1.29 is 0 Å². The topological polar surface area (TPSA) is 38.9 Å². The molecule has 2 N–H and O–H groups in total. The van der Waals surface area contributed by atoms with Gasteiger partial charge in [0.1, 0.15) is 0 Å². The van der Waals surface area contributed by atoms with Crippen LogP contribution in [0.3, 0.4) is 0 Å². The van der Waals surface area contributed by atoms with Gasteiger partial charge in [0.15, 0.2) is 0 Å². The van der Waals surface area contributed by atoms with E-state index in [2.05, 4.69) is 17.1 Å². The Balaban J connectivity index is 1.78. The van der Waals surface area contributed by atoms with Crippen molar-refractivity contribution >= 4 is 0 Å². The quantitative estimate of drug-likeness (QED) is 0.866. The standard InChI is InChI=1S/C16H24N2/c17-13-16(14-5-9-18-10-6-14)11-15(12-16)7-3-1-2-4-8-15/h5-6,9-10H,1-4,7-8,11-13,17H2. The second kappa shape index (κ2) is 4.65. The summed E-state index contributed by atoms with van der Waals surface area (Å²) in [7, 11) is 0. The predicted octanol–water partition coefficient (Wildman–Crippen LogP) is 3.41. The number of nitrogens with two attached hydrogens (primary N) is 1. The normalized spacial score (nSPS) is 25.4. The molecule has 0 unspecified atom stereocenters. The number of rotatable bonds is 2. The SMILES string of the molecule is NCC1(c2ccncc2)CC2(CCCCCC2)C1. The van der Waals surface area contributed by atoms with E-state index in [1.807, 2.05) is 12.4 Å². The van der Waals surface area contributed by atoms with Gasteiger partial charge in [0.2, 0.25) is 0 Å². The maximum Gasteiger partial charge on any atom is 0.0270 e. The highest BCUT2D eigenvalue weighted by Gasteiger charge is 2.53. The van der Waals surface area contributed by atoms with Gasteiger partial charge in [-0.1, -0.05) is 25.7 Å². The first kappa shape index (κ1) is 12.2. The molecule has 0 aromatic carbocycles. The second-order valence-electron chi connectivity index (χ2n) is 6.49. The molecule has 1 aromatic heterocycles. The van der Waals surface area contributed by atoms with E-state index in [1.165, 1.54) is 56.9 Å². The maximum atomic E-state index is 6.11. The van der Waals surface area contributed by atoms with Gasteiger partial charge in [-0.15, -0.1) is 0 Å². The van der Waals surface area contributed by atoms with Gasteiger partial charge in [-0.05, 0) is 48.8 Å². The molecule has 0 amide bonds. The van der Waals surface area contributed by atoms with Crippen LogP contribution in [0.1, 0.15) is 56.9 Å². The fraction of sp³-hybridized carbons (Fsp3) is 0.688. The van der Waals surface area contributed by atoms with Crippen LogP contribution in [0, 0.1) is 5.41 Å². The molecule has 0 radical (unpaired) electrons. The van der Waals surface area contributed by atoms with Crippen molar-refractivity contribution in [3.05, 3.63) is 30.1 Å². The lowest BCUT2D eigenvalue weighted by molar-refractivity contribution is 0.0112. The van der Waals surface area contributed by atoms with Gasteiger partial charge in [0.25, 0.3) is 0 Å². The third-order valence-electron chi connectivity index (χ3n) is 5.27. The molecule has 98 valence electrons. The molecule has 2 aliphatic carbocycles. The van der Waals surface area contributed by atoms with Gasteiger partial charge < -0.3 is 5.73 Å². The average molecular weight is 244 g/mol. The summed E-state index contributed by atoms with van der Waals surface area (Å²) in [6.45, 7) is 0.790. The largest absolute Gasteiger partial charge is 0.330 e. The lowest BCUT2D eigenvalue weighted by atomic mass is 9.48. The van der Waals surface area contributed by atoms with Crippen molar-refractivity contribution in [3.8, 4) is 0 Å². The molecule has 2 fully saturated rings. The van der Waals surface area contributed by atoms with Crippen molar-refractivity contribution in [2.45, 2.75) is 56.8 Å². The molecule has 2 saturated carbocycles. The van der Waals surface area contributed by atoms with E-state index in [0.29, 0.717) is 5.41 Å². The zero-order valence-electron chi connectivity index (χ0n) is 11.2. The summed E-state index contributed by atoms with van der Waals surface area (Å²) >= 11 is 0. The molecule has 0 aliphatic heterocycles. The van der Waals surface area contributed by atoms with Crippen molar-refractivity contribution in [2.24, 2.45) is 11.1 Å². The van der Waals surface area contributed by atoms with Crippen LogP contribution >= 0.6 is 0 Å². The summed E-state index contributed by atoms with van der Waals surface area (Å²) in [6, 6.07) is 4.33. The lowest BCUT2D eigenvalue weighted by Crippen LogP contribution is -2.53. The Labute approximate surface area is 110 Å². The maximum absolute atomic E-state index is 6.11. The fourth-order valence-corrected chi connectivity index (χ4v) is 4.39. The van der Waals surface area contributed by atoms with Crippen LogP contribution in [0.15, 0.2) is 24.5 Å². The molecule has 18 heavy (non-hydrogen) atoms. The molecule has 2 heteroatoms. The Kier molecular flexibility index (Phi) is 3.14. The minimum Gasteiger partial charge on any atom is -0.330 e. The average Bonchev–Trinajstić information content (AvgIpc) is 2.63. The number of hydrogen-bond acceptors (Lipinski definition) is 2. The Hall–Kier alpha value is -0.890. The Bertz CT molecular complexity index is 383. The van der Waals surface area contributed by atoms with E-state index in [9.17, 15) is 0 Å². The molecular weight excluding hydrogens is 220 g/mol. The lowest BCUT2D eigenvalue weighted by Gasteiger charge is -2.57. The van der Waals surface area contributed by atoms with Gasteiger partial charge in [-0.3, -0.25) is 4.98 Å². The Morgan fingerprint density at radius 3 is 2.17 bits per heavy atom. The molecule has 3 rings (SSSR count). The van der Waals surface area contributed by atoms with Gasteiger partial charge in [-0.2, -0.15) is 0 Å². The van der Waals surface area contributed by atoms with Crippen LogP contribution in [0.5, 0.6) is 0 Å². The Morgan fingerprint density at radius 2 is 1.61 bits per heavy atom. The van der Waals surface area contributed by atoms with Crippen molar-refractivity contribution in [1.29, 1.82) is 0 Å². The van der Waals surface area contributed by atoms with Crippen molar-refractivity contribution in [2.75, 3.05) is 6.54 Å². The van der Waals surface area contributed by atoms with E-state index < -0.39 is 0 Å². The monoisotopic (exact) mass is 244 g/mol. The highest BCUT2D eigenvalue weighted by molar-refractivity contribution is 5.29. The third kappa shape index (κ3) is 1.97. The highest BCUT2D eigenvalue weighted by atomic mass is 14.7. The van der Waals surface area contributed by atoms with Crippen LogP contribution in [-0.2, 0) is 5.41 Å². The van der Waals surface area contributed by atoms with Crippen LogP contribution in [0.2, 0.25) is 0 Å². The number of nitrogens with zero attached hydrogens (tertiary/aromatic N) is 1. The van der Waals surface area contributed by atoms with Crippen LogP contribution in [0.25, 0.3) is 0 Å². The van der Waals surface area contributed by atoms with E-state index >= 15 is 0 Å². The second-order valence-corrected chi connectivity index (χ2v) is 6.49. The first-order chi connectivity index (χ1) is 8.79. The molecule has 0 saturated heterocycles. The summed E-state index contributed by atoms with van der Waals surface area (Å²) in [4.78, 5) is 4.13. The van der Waals surface area contributed by atoms with Gasteiger partial charge in [0, 0.05) is 24.4 Å². The van der Waals surface area contributed by atoms with Gasteiger partial charge in [0.05, 0.1) is 0 Å². The van der Waals surface area contributed by atoms with Crippen LogP contribution in [-0.4, -0.2) is 11.5 Å². The minimum atomic E-state index is 0.257. The van der Waals surface area contributed by atoms with E-state index in [0.717, 1.165) is 6.54 Å². The van der Waals surface area contributed by atoms with Crippen LogP contribution < -0.4 is 5.73 Å². The molecular formula is C16H24N2. The zero-order chi connectivity index (χ0) is 12.5. The number of hydrogen-bond donors (Lipinski definition) is 1. The first-order valence-electron chi connectivity index (χ1n) is 7.39. The molecule has 0 bridgehead atoms. The highest BCUT2D eigenvalue weighted by Crippen LogP contribution is 2.60. The fourth-order valence-electron chi connectivity index (χ4n) is 4.39. The van der Waals surface area contributed by atoms with Crippen LogP contribution in [0.4, 0.5) is 0 Å². The molecule has 2 nitrogen and oxygen atoms in total.